The zero-order valence-electron chi connectivity index (χ0n) is 4.55. The van der Waals surface area contributed by atoms with Crippen molar-refractivity contribution >= 4 is 16.2 Å². The summed E-state index contributed by atoms with van der Waals surface area (Å²) in [5, 5.41) is 0. The fraction of sp³-hybridized carbons (Fsp3) is 0.167. The molecule has 0 aromatic rings. The van der Waals surface area contributed by atoms with Crippen LogP contribution in [0.2, 0.25) is 0 Å². The molecule has 42 valence electrons. The minimum atomic E-state index is 0.639. The normalized spacial score (nSPS) is 17.1. The Kier molecular flexibility index (Phi) is 1.56. The van der Waals surface area contributed by atoms with Gasteiger partial charge in [-0.2, -0.15) is 0 Å². The maximum absolute atomic E-state index is 5.35. The number of rotatable bonds is 1. The molecule has 1 aliphatic rings. The molecule has 0 aromatic heterocycles. The summed E-state index contributed by atoms with van der Waals surface area (Å²) >= 11 is 1.65. The molecule has 0 atom stereocenters. The standard InChI is InChI=1S/C6H8NS/c1-5-2-3-6(4-7)8-5/h2-3H,1,4,7H2/q+1. The number of nitrogens with two attached hydrogens (primary N) is 1. The molecule has 1 nitrogen and oxygen atoms in total. The van der Waals surface area contributed by atoms with Crippen molar-refractivity contribution < 1.29 is 0 Å². The van der Waals surface area contributed by atoms with Gasteiger partial charge in [-0.25, -0.2) is 0 Å². The fourth-order valence-electron chi connectivity index (χ4n) is 0.532. The molecule has 0 fully saturated rings. The largest absolute Gasteiger partial charge is 0.322 e. The molecule has 1 heterocycles. The van der Waals surface area contributed by atoms with Crippen molar-refractivity contribution in [2.45, 2.75) is 0 Å². The molecule has 0 aromatic carbocycles. The van der Waals surface area contributed by atoms with Crippen LogP contribution in [0.1, 0.15) is 0 Å². The molecular formula is C6H8NS+. The van der Waals surface area contributed by atoms with Crippen LogP contribution in [-0.4, -0.2) is 11.4 Å². The third kappa shape index (κ3) is 1.02. The molecule has 0 unspecified atom stereocenters. The molecule has 8 heavy (non-hydrogen) atoms. The van der Waals surface area contributed by atoms with Crippen molar-refractivity contribution in [2.75, 3.05) is 6.54 Å². The van der Waals surface area contributed by atoms with E-state index in [-0.39, 0.29) is 0 Å². The predicted octanol–water partition coefficient (Wildman–Crippen LogP) is 0.284. The van der Waals surface area contributed by atoms with Gasteiger partial charge in [-0.05, 0) is 6.58 Å². The van der Waals surface area contributed by atoms with Crippen LogP contribution in [0.15, 0.2) is 23.6 Å². The van der Waals surface area contributed by atoms with Crippen molar-refractivity contribution in [1.29, 1.82) is 0 Å². The molecule has 0 saturated heterocycles. The Labute approximate surface area is 52.8 Å². The minimum Gasteiger partial charge on any atom is -0.322 e. The van der Waals surface area contributed by atoms with Crippen molar-refractivity contribution in [3.05, 3.63) is 23.6 Å². The van der Waals surface area contributed by atoms with Crippen LogP contribution in [0.4, 0.5) is 0 Å². The van der Waals surface area contributed by atoms with Crippen LogP contribution in [0.5, 0.6) is 0 Å². The molecule has 0 bridgehead atoms. The zero-order chi connectivity index (χ0) is 5.98. The second kappa shape index (κ2) is 2.20. The summed E-state index contributed by atoms with van der Waals surface area (Å²) in [4.78, 5) is 2.29. The predicted molar refractivity (Wildman–Crippen MR) is 39.7 cm³/mol. The molecule has 0 aliphatic carbocycles. The number of allylic oxidation sites excluding steroid dienone is 1. The van der Waals surface area contributed by atoms with Gasteiger partial charge in [-0.1, -0.05) is 0 Å². The Bertz CT molecular complexity index is 167. The van der Waals surface area contributed by atoms with Crippen LogP contribution in [0.25, 0.3) is 0 Å². The second-order valence-corrected chi connectivity index (χ2v) is 2.83. The van der Waals surface area contributed by atoms with Gasteiger partial charge in [0, 0.05) is 12.2 Å². The number of hydrogen-bond acceptors (Lipinski definition) is 1. The summed E-state index contributed by atoms with van der Waals surface area (Å²) in [6.07, 6.45) is 3.99. The van der Waals surface area contributed by atoms with Gasteiger partial charge in [0.05, 0.1) is 6.54 Å². The van der Waals surface area contributed by atoms with Crippen LogP contribution < -0.4 is 5.73 Å². The van der Waals surface area contributed by atoms with Crippen molar-refractivity contribution in [1.82, 2.24) is 0 Å². The van der Waals surface area contributed by atoms with Gasteiger partial charge in [0.1, 0.15) is 0 Å². The van der Waals surface area contributed by atoms with Crippen molar-refractivity contribution in [2.24, 2.45) is 5.73 Å². The third-order valence-electron chi connectivity index (χ3n) is 0.918. The van der Waals surface area contributed by atoms with Crippen molar-refractivity contribution in [3.63, 3.8) is 0 Å². The quantitative estimate of drug-likeness (QED) is 0.396. The van der Waals surface area contributed by atoms with Crippen LogP contribution >= 0.6 is 0 Å². The van der Waals surface area contributed by atoms with E-state index < -0.39 is 0 Å². The summed E-state index contributed by atoms with van der Waals surface area (Å²) in [7, 11) is 0. The highest BCUT2D eigenvalue weighted by molar-refractivity contribution is 7.83. The van der Waals surface area contributed by atoms with E-state index in [0.717, 1.165) is 4.91 Å². The first-order valence-corrected chi connectivity index (χ1v) is 3.25. The molecule has 0 radical (unpaired) electrons. The lowest BCUT2D eigenvalue weighted by Gasteiger charge is -1.70. The average molecular weight is 126 g/mol. The van der Waals surface area contributed by atoms with Gasteiger partial charge in [0.25, 0.3) is 0 Å². The highest BCUT2D eigenvalue weighted by atomic mass is 32.1. The van der Waals surface area contributed by atoms with Crippen LogP contribution in [0.3, 0.4) is 0 Å². The Morgan fingerprint density at radius 2 is 2.38 bits per heavy atom. The van der Waals surface area contributed by atoms with E-state index in [0.29, 0.717) is 6.54 Å². The smallest absolute Gasteiger partial charge is 0.224 e. The summed E-state index contributed by atoms with van der Waals surface area (Å²) < 4.78 is 0. The van der Waals surface area contributed by atoms with Gasteiger partial charge in [-0.3, -0.25) is 0 Å². The Morgan fingerprint density at radius 1 is 1.62 bits per heavy atom. The lowest BCUT2D eigenvalue weighted by atomic mass is 10.4. The third-order valence-corrected chi connectivity index (χ3v) is 1.88. The molecule has 0 saturated carbocycles. The highest BCUT2D eigenvalue weighted by Crippen LogP contribution is 2.00. The summed E-state index contributed by atoms with van der Waals surface area (Å²) in [6.45, 7) is 4.39. The van der Waals surface area contributed by atoms with Crippen molar-refractivity contribution in [3.8, 4) is 0 Å². The lowest BCUT2D eigenvalue weighted by molar-refractivity contribution is 1.34. The molecule has 2 heteroatoms. The average Bonchev–Trinajstić information content (AvgIpc) is 2.14. The summed E-state index contributed by atoms with van der Waals surface area (Å²) in [6, 6.07) is 0. The maximum atomic E-state index is 5.35. The monoisotopic (exact) mass is 126 g/mol. The van der Waals surface area contributed by atoms with Gasteiger partial charge < -0.3 is 5.73 Å². The van der Waals surface area contributed by atoms with E-state index in [1.54, 1.807) is 11.4 Å². The second-order valence-electron chi connectivity index (χ2n) is 1.57. The first kappa shape index (κ1) is 5.66. The molecule has 1 rings (SSSR count). The Morgan fingerprint density at radius 3 is 2.62 bits per heavy atom. The van der Waals surface area contributed by atoms with Crippen LogP contribution in [-0.2, 0) is 11.4 Å². The fourth-order valence-corrected chi connectivity index (χ4v) is 1.22. The Balaban J connectivity index is 2.72. The van der Waals surface area contributed by atoms with E-state index in [2.05, 4.69) is 6.58 Å². The van der Waals surface area contributed by atoms with Gasteiger partial charge in [-0.15, -0.1) is 0 Å². The minimum absolute atomic E-state index is 0.639. The van der Waals surface area contributed by atoms with E-state index in [9.17, 15) is 0 Å². The van der Waals surface area contributed by atoms with Gasteiger partial charge in [0.2, 0.25) is 21.1 Å². The van der Waals surface area contributed by atoms with E-state index in [1.807, 2.05) is 12.2 Å². The topological polar surface area (TPSA) is 26.0 Å². The van der Waals surface area contributed by atoms with E-state index in [1.165, 1.54) is 4.86 Å². The van der Waals surface area contributed by atoms with E-state index >= 15 is 0 Å². The van der Waals surface area contributed by atoms with Gasteiger partial charge in [0.15, 0.2) is 0 Å². The zero-order valence-corrected chi connectivity index (χ0v) is 5.37. The molecule has 0 spiro atoms. The van der Waals surface area contributed by atoms with Crippen LogP contribution in [0, 0.1) is 0 Å². The van der Waals surface area contributed by atoms with E-state index in [4.69, 9.17) is 5.73 Å². The molecular weight excluding hydrogens is 118 g/mol. The first-order chi connectivity index (χ1) is 3.83. The summed E-state index contributed by atoms with van der Waals surface area (Å²) in [5.74, 6) is 0. The molecule has 2 N–H and O–H groups in total. The number of hydrogen-bond donors (Lipinski definition) is 1. The highest BCUT2D eigenvalue weighted by Gasteiger charge is 2.13. The lowest BCUT2D eigenvalue weighted by Crippen LogP contribution is -2.09. The maximum Gasteiger partial charge on any atom is 0.224 e. The first-order valence-electron chi connectivity index (χ1n) is 2.43. The summed E-state index contributed by atoms with van der Waals surface area (Å²) in [5.41, 5.74) is 5.35. The SMILES string of the molecule is C=C1C=CC(CN)=[S+]1. The Hall–Kier alpha value is -0.470. The molecule has 0 amide bonds. The molecule has 1 aliphatic heterocycles. The van der Waals surface area contributed by atoms with Gasteiger partial charge >= 0.3 is 0 Å².